The maximum atomic E-state index is 13.1. The van der Waals surface area contributed by atoms with Gasteiger partial charge in [-0.05, 0) is 56.5 Å². The molecule has 0 spiro atoms. The van der Waals surface area contributed by atoms with Gasteiger partial charge in [0.2, 0.25) is 0 Å². The molecule has 0 radical (unpaired) electrons. The molecule has 1 heterocycles. The fourth-order valence-corrected chi connectivity index (χ4v) is 2.76. The van der Waals surface area contributed by atoms with E-state index in [4.69, 9.17) is 0 Å². The second-order valence-electron chi connectivity index (χ2n) is 6.31. The molecule has 0 saturated carbocycles. The lowest BCUT2D eigenvalue weighted by Gasteiger charge is -2.13. The molecule has 0 fully saturated rings. The molecule has 5 nitrogen and oxygen atoms in total. The molecule has 1 atom stereocenters. The Bertz CT molecular complexity index is 875. The van der Waals surface area contributed by atoms with Crippen LogP contribution in [0.15, 0.2) is 54.6 Å². The molecule has 2 aromatic carbocycles. The summed E-state index contributed by atoms with van der Waals surface area (Å²) in [5, 5.41) is 11.0. The zero-order valence-corrected chi connectivity index (χ0v) is 14.8. The third kappa shape index (κ3) is 4.14. The average molecular weight is 352 g/mol. The van der Waals surface area contributed by atoms with E-state index < -0.39 is 0 Å². The summed E-state index contributed by atoms with van der Waals surface area (Å²) in [7, 11) is 0. The molecule has 0 aliphatic carbocycles. The van der Waals surface area contributed by atoms with E-state index in [0.717, 1.165) is 12.8 Å². The number of halogens is 1. The Morgan fingerprint density at radius 3 is 2.54 bits per heavy atom. The maximum Gasteiger partial charge on any atom is 0.273 e. The van der Waals surface area contributed by atoms with E-state index in [0.29, 0.717) is 11.4 Å². The van der Waals surface area contributed by atoms with Gasteiger partial charge in [0.05, 0.1) is 11.4 Å². The van der Waals surface area contributed by atoms with Gasteiger partial charge in [-0.1, -0.05) is 35.5 Å². The Labute approximate surface area is 151 Å². The number of rotatable bonds is 6. The first-order valence-corrected chi connectivity index (χ1v) is 8.57. The van der Waals surface area contributed by atoms with Gasteiger partial charge in [0.15, 0.2) is 5.69 Å². The number of carbonyl (C=O) groups excluding carboxylic acids is 1. The van der Waals surface area contributed by atoms with Gasteiger partial charge < -0.3 is 5.32 Å². The van der Waals surface area contributed by atoms with Crippen molar-refractivity contribution in [1.29, 1.82) is 0 Å². The Hall–Kier alpha value is -3.02. The number of hydrogen-bond acceptors (Lipinski definition) is 3. The average Bonchev–Trinajstić information content (AvgIpc) is 3.03. The Balaban J connectivity index is 1.63. The van der Waals surface area contributed by atoms with Gasteiger partial charge in [-0.25, -0.2) is 9.07 Å². The normalized spacial score (nSPS) is 12.0. The Kier molecular flexibility index (Phi) is 5.41. The minimum Gasteiger partial charge on any atom is -0.348 e. The van der Waals surface area contributed by atoms with Crippen LogP contribution in [0.1, 0.15) is 35.1 Å². The minimum atomic E-state index is -0.322. The van der Waals surface area contributed by atoms with E-state index in [-0.39, 0.29) is 23.5 Å². The first kappa shape index (κ1) is 17.8. The summed E-state index contributed by atoms with van der Waals surface area (Å²) in [6, 6.07) is 16.1. The number of aromatic nitrogens is 3. The van der Waals surface area contributed by atoms with Crippen LogP contribution in [0.2, 0.25) is 0 Å². The molecule has 1 unspecified atom stereocenters. The molecule has 3 aromatic rings. The van der Waals surface area contributed by atoms with E-state index in [1.165, 1.54) is 22.4 Å². The lowest BCUT2D eigenvalue weighted by molar-refractivity contribution is 0.0932. The zero-order valence-electron chi connectivity index (χ0n) is 14.8. The van der Waals surface area contributed by atoms with E-state index in [1.54, 1.807) is 19.1 Å². The van der Waals surface area contributed by atoms with Crippen molar-refractivity contribution in [3.8, 4) is 5.69 Å². The SMILES string of the molecule is Cc1c(C(=O)NC(C)CCc2ccccc2)nnn1-c1ccc(F)cc1. The predicted octanol–water partition coefficient (Wildman–Crippen LogP) is 3.47. The number of nitrogens with zero attached hydrogens (tertiary/aromatic N) is 3. The summed E-state index contributed by atoms with van der Waals surface area (Å²) in [4.78, 5) is 12.5. The summed E-state index contributed by atoms with van der Waals surface area (Å²) < 4.78 is 14.6. The van der Waals surface area contributed by atoms with Crippen molar-refractivity contribution in [2.45, 2.75) is 32.7 Å². The first-order chi connectivity index (χ1) is 12.5. The van der Waals surface area contributed by atoms with Crippen molar-refractivity contribution in [2.24, 2.45) is 0 Å². The van der Waals surface area contributed by atoms with Crippen molar-refractivity contribution in [1.82, 2.24) is 20.3 Å². The molecule has 1 N–H and O–H groups in total. The quantitative estimate of drug-likeness (QED) is 0.739. The second-order valence-corrected chi connectivity index (χ2v) is 6.31. The number of benzene rings is 2. The fourth-order valence-electron chi connectivity index (χ4n) is 2.76. The van der Waals surface area contributed by atoms with Gasteiger partial charge in [-0.3, -0.25) is 4.79 Å². The van der Waals surface area contributed by atoms with Crippen molar-refractivity contribution >= 4 is 5.91 Å². The largest absolute Gasteiger partial charge is 0.348 e. The predicted molar refractivity (Wildman–Crippen MR) is 97.7 cm³/mol. The molecule has 3 rings (SSSR count). The number of aryl methyl sites for hydroxylation is 1. The van der Waals surface area contributed by atoms with E-state index in [2.05, 4.69) is 27.8 Å². The van der Waals surface area contributed by atoms with Crippen molar-refractivity contribution in [3.63, 3.8) is 0 Å². The highest BCUT2D eigenvalue weighted by Crippen LogP contribution is 2.13. The highest BCUT2D eigenvalue weighted by Gasteiger charge is 2.19. The third-order valence-electron chi connectivity index (χ3n) is 4.27. The van der Waals surface area contributed by atoms with Crippen LogP contribution in [0, 0.1) is 12.7 Å². The molecule has 1 aromatic heterocycles. The maximum absolute atomic E-state index is 13.1. The van der Waals surface area contributed by atoms with Gasteiger partial charge in [-0.15, -0.1) is 5.10 Å². The van der Waals surface area contributed by atoms with E-state index >= 15 is 0 Å². The highest BCUT2D eigenvalue weighted by molar-refractivity contribution is 5.93. The lowest BCUT2D eigenvalue weighted by atomic mass is 10.1. The summed E-state index contributed by atoms with van der Waals surface area (Å²) >= 11 is 0. The topological polar surface area (TPSA) is 59.8 Å². The molecule has 26 heavy (non-hydrogen) atoms. The van der Waals surface area contributed by atoms with Crippen LogP contribution in [0.5, 0.6) is 0 Å². The van der Waals surface area contributed by atoms with Gasteiger partial charge in [-0.2, -0.15) is 0 Å². The summed E-state index contributed by atoms with van der Waals surface area (Å²) in [6.07, 6.45) is 1.73. The van der Waals surface area contributed by atoms with Crippen LogP contribution in [0.4, 0.5) is 4.39 Å². The molecule has 0 saturated heterocycles. The molecule has 0 aliphatic rings. The highest BCUT2D eigenvalue weighted by atomic mass is 19.1. The first-order valence-electron chi connectivity index (χ1n) is 8.57. The molecule has 134 valence electrons. The molecule has 0 aliphatic heterocycles. The molecular formula is C20H21FN4O. The van der Waals surface area contributed by atoms with Crippen LogP contribution in [0.25, 0.3) is 5.69 Å². The number of hydrogen-bond donors (Lipinski definition) is 1. The lowest BCUT2D eigenvalue weighted by Crippen LogP contribution is -2.33. The van der Waals surface area contributed by atoms with Crippen LogP contribution in [0.3, 0.4) is 0 Å². The van der Waals surface area contributed by atoms with Crippen molar-refractivity contribution in [2.75, 3.05) is 0 Å². The second kappa shape index (κ2) is 7.91. The smallest absolute Gasteiger partial charge is 0.273 e. The molecule has 6 heteroatoms. The Morgan fingerprint density at radius 2 is 1.85 bits per heavy atom. The molecule has 0 bridgehead atoms. The summed E-state index contributed by atoms with van der Waals surface area (Å²) in [5.74, 6) is -0.576. The van der Waals surface area contributed by atoms with Gasteiger partial charge >= 0.3 is 0 Å². The fraction of sp³-hybridized carbons (Fsp3) is 0.250. The minimum absolute atomic E-state index is 0.0121. The van der Waals surface area contributed by atoms with E-state index in [9.17, 15) is 9.18 Å². The van der Waals surface area contributed by atoms with Crippen LogP contribution in [-0.4, -0.2) is 26.9 Å². The number of carbonyl (C=O) groups is 1. The number of amides is 1. The van der Waals surface area contributed by atoms with Crippen LogP contribution >= 0.6 is 0 Å². The van der Waals surface area contributed by atoms with Crippen molar-refractivity contribution < 1.29 is 9.18 Å². The van der Waals surface area contributed by atoms with Crippen LogP contribution < -0.4 is 5.32 Å². The molecular weight excluding hydrogens is 331 g/mol. The summed E-state index contributed by atoms with van der Waals surface area (Å²) in [6.45, 7) is 3.74. The van der Waals surface area contributed by atoms with Gasteiger partial charge in [0.25, 0.3) is 5.91 Å². The zero-order chi connectivity index (χ0) is 18.5. The Morgan fingerprint density at radius 1 is 1.15 bits per heavy atom. The third-order valence-corrected chi connectivity index (χ3v) is 4.27. The van der Waals surface area contributed by atoms with Gasteiger partial charge in [0.1, 0.15) is 5.82 Å². The number of nitrogens with one attached hydrogen (secondary N) is 1. The summed E-state index contributed by atoms with van der Waals surface area (Å²) in [5.41, 5.74) is 2.80. The standard InChI is InChI=1S/C20H21FN4O/c1-14(8-9-16-6-4-3-5-7-16)22-20(26)19-15(2)25(24-23-19)18-12-10-17(21)11-13-18/h3-7,10-14H,8-9H2,1-2H3,(H,22,26). The van der Waals surface area contributed by atoms with E-state index in [1.807, 2.05) is 25.1 Å². The van der Waals surface area contributed by atoms with Crippen LogP contribution in [-0.2, 0) is 6.42 Å². The molecule has 1 amide bonds. The van der Waals surface area contributed by atoms with Crippen molar-refractivity contribution in [3.05, 3.63) is 77.4 Å². The monoisotopic (exact) mass is 352 g/mol. The van der Waals surface area contributed by atoms with Gasteiger partial charge in [0, 0.05) is 6.04 Å².